The Balaban J connectivity index is 2.14. The Bertz CT molecular complexity index is 545. The molecule has 0 aliphatic rings. The molecule has 4 nitrogen and oxygen atoms in total. The maximum atomic E-state index is 13.3. The molecule has 0 radical (unpaired) electrons. The molecular formula is C15H25FN2O2S. The van der Waals surface area contributed by atoms with E-state index in [9.17, 15) is 12.8 Å². The number of aryl methyl sites for hydroxylation is 1. The van der Waals surface area contributed by atoms with Crippen molar-refractivity contribution in [2.75, 3.05) is 18.4 Å². The van der Waals surface area contributed by atoms with Gasteiger partial charge in [-0.15, -0.1) is 0 Å². The van der Waals surface area contributed by atoms with Gasteiger partial charge in [0.15, 0.2) is 0 Å². The van der Waals surface area contributed by atoms with Crippen LogP contribution in [0.2, 0.25) is 0 Å². The number of anilines is 1. The summed E-state index contributed by atoms with van der Waals surface area (Å²) in [5, 5.41) is 2.77. The van der Waals surface area contributed by atoms with Gasteiger partial charge < -0.3 is 5.32 Å². The fourth-order valence-corrected chi connectivity index (χ4v) is 2.51. The van der Waals surface area contributed by atoms with Crippen molar-refractivity contribution in [1.82, 2.24) is 4.72 Å². The summed E-state index contributed by atoms with van der Waals surface area (Å²) in [4.78, 5) is 0. The Labute approximate surface area is 127 Å². The second kappa shape index (κ2) is 8.34. The molecule has 2 N–H and O–H groups in total. The molecule has 0 bridgehead atoms. The van der Waals surface area contributed by atoms with E-state index in [1.165, 1.54) is 6.07 Å². The van der Waals surface area contributed by atoms with Gasteiger partial charge in [0.25, 0.3) is 0 Å². The van der Waals surface area contributed by atoms with Crippen molar-refractivity contribution in [3.8, 4) is 0 Å². The Morgan fingerprint density at radius 2 is 1.81 bits per heavy atom. The summed E-state index contributed by atoms with van der Waals surface area (Å²) in [6.45, 7) is 6.27. The van der Waals surface area contributed by atoms with Crippen molar-refractivity contribution >= 4 is 15.7 Å². The molecule has 1 aromatic carbocycles. The van der Waals surface area contributed by atoms with Gasteiger partial charge in [0.1, 0.15) is 5.82 Å². The van der Waals surface area contributed by atoms with Crippen LogP contribution in [-0.4, -0.2) is 26.8 Å². The van der Waals surface area contributed by atoms with Crippen molar-refractivity contribution < 1.29 is 12.8 Å². The third-order valence-electron chi connectivity index (χ3n) is 3.28. The molecule has 1 aromatic rings. The van der Waals surface area contributed by atoms with E-state index in [0.29, 0.717) is 12.1 Å². The fraction of sp³-hybridized carbons (Fsp3) is 0.600. The molecular weight excluding hydrogens is 291 g/mol. The fourth-order valence-electron chi connectivity index (χ4n) is 1.74. The molecule has 0 saturated heterocycles. The number of hydrogen-bond donors (Lipinski definition) is 2. The molecule has 21 heavy (non-hydrogen) atoms. The van der Waals surface area contributed by atoms with Gasteiger partial charge in [0, 0.05) is 18.8 Å². The first-order chi connectivity index (χ1) is 9.83. The average molecular weight is 316 g/mol. The largest absolute Gasteiger partial charge is 0.385 e. The zero-order chi connectivity index (χ0) is 15.9. The lowest BCUT2D eigenvalue weighted by Crippen LogP contribution is -2.31. The highest BCUT2D eigenvalue weighted by molar-refractivity contribution is 7.90. The van der Waals surface area contributed by atoms with Gasteiger partial charge in [-0.2, -0.15) is 0 Å². The van der Waals surface area contributed by atoms with Crippen LogP contribution in [0.4, 0.5) is 10.1 Å². The first kappa shape index (κ1) is 17.9. The molecule has 0 atom stereocenters. The topological polar surface area (TPSA) is 58.2 Å². The standard InChI is InChI=1S/C15H25FN2O2S/c1-12(2)21(19,20)18-10-6-4-5-9-17-14-8-7-13(3)15(16)11-14/h7-8,11-12,17-18H,4-6,9-10H2,1-3H3. The van der Waals surface area contributed by atoms with Gasteiger partial charge in [-0.3, -0.25) is 0 Å². The Kier molecular flexibility index (Phi) is 7.11. The van der Waals surface area contributed by atoms with Gasteiger partial charge >= 0.3 is 0 Å². The molecule has 120 valence electrons. The van der Waals surface area contributed by atoms with Crippen LogP contribution < -0.4 is 10.0 Å². The van der Waals surface area contributed by atoms with E-state index in [2.05, 4.69) is 10.0 Å². The summed E-state index contributed by atoms with van der Waals surface area (Å²) in [6, 6.07) is 5.10. The molecule has 0 heterocycles. The number of hydrogen-bond acceptors (Lipinski definition) is 3. The molecule has 6 heteroatoms. The molecule has 0 aliphatic heterocycles. The summed E-state index contributed by atoms with van der Waals surface area (Å²) in [7, 11) is -3.15. The SMILES string of the molecule is Cc1ccc(NCCCCCNS(=O)(=O)C(C)C)cc1F. The first-order valence-corrected chi connectivity index (χ1v) is 8.86. The number of unbranched alkanes of at least 4 members (excludes halogenated alkanes) is 2. The monoisotopic (exact) mass is 316 g/mol. The van der Waals surface area contributed by atoms with Crippen LogP contribution in [0.1, 0.15) is 38.7 Å². The first-order valence-electron chi connectivity index (χ1n) is 7.31. The zero-order valence-electron chi connectivity index (χ0n) is 12.9. The molecule has 0 fully saturated rings. The highest BCUT2D eigenvalue weighted by atomic mass is 32.2. The van der Waals surface area contributed by atoms with E-state index in [-0.39, 0.29) is 5.82 Å². The lowest BCUT2D eigenvalue weighted by atomic mass is 10.2. The molecule has 0 saturated carbocycles. The lowest BCUT2D eigenvalue weighted by Gasteiger charge is -2.10. The molecule has 0 aromatic heterocycles. The van der Waals surface area contributed by atoms with Crippen LogP contribution in [0, 0.1) is 12.7 Å². The lowest BCUT2D eigenvalue weighted by molar-refractivity contribution is 0.566. The van der Waals surface area contributed by atoms with Gasteiger partial charge in [0.2, 0.25) is 10.0 Å². The van der Waals surface area contributed by atoms with Crippen LogP contribution in [0.15, 0.2) is 18.2 Å². The van der Waals surface area contributed by atoms with Gasteiger partial charge in [-0.05, 0) is 51.3 Å². The Morgan fingerprint density at radius 1 is 1.14 bits per heavy atom. The third-order valence-corrected chi connectivity index (χ3v) is 5.13. The number of rotatable bonds is 9. The number of benzene rings is 1. The van der Waals surface area contributed by atoms with E-state index in [1.807, 2.05) is 6.07 Å². The van der Waals surface area contributed by atoms with E-state index in [1.54, 1.807) is 26.8 Å². The average Bonchev–Trinajstić information content (AvgIpc) is 2.41. The van der Waals surface area contributed by atoms with Crippen LogP contribution in [0.5, 0.6) is 0 Å². The van der Waals surface area contributed by atoms with Crippen LogP contribution in [0.3, 0.4) is 0 Å². The quantitative estimate of drug-likeness (QED) is 0.689. The highest BCUT2D eigenvalue weighted by Crippen LogP contribution is 2.13. The second-order valence-electron chi connectivity index (χ2n) is 5.44. The van der Waals surface area contributed by atoms with Crippen LogP contribution in [-0.2, 0) is 10.0 Å². The van der Waals surface area contributed by atoms with Crippen molar-refractivity contribution in [2.45, 2.75) is 45.3 Å². The van der Waals surface area contributed by atoms with E-state index >= 15 is 0 Å². The van der Waals surface area contributed by atoms with Crippen LogP contribution in [0.25, 0.3) is 0 Å². The number of nitrogens with one attached hydrogen (secondary N) is 2. The summed E-state index contributed by atoms with van der Waals surface area (Å²) in [6.07, 6.45) is 2.64. The van der Waals surface area contributed by atoms with Gasteiger partial charge in [-0.25, -0.2) is 17.5 Å². The minimum absolute atomic E-state index is 0.205. The van der Waals surface area contributed by atoms with E-state index in [0.717, 1.165) is 31.5 Å². The van der Waals surface area contributed by atoms with Gasteiger partial charge in [-0.1, -0.05) is 12.5 Å². The van der Waals surface area contributed by atoms with E-state index < -0.39 is 15.3 Å². The number of sulfonamides is 1. The molecule has 0 amide bonds. The molecule has 0 unspecified atom stereocenters. The predicted molar refractivity (Wildman–Crippen MR) is 85.5 cm³/mol. The van der Waals surface area contributed by atoms with E-state index in [4.69, 9.17) is 0 Å². The number of halogens is 1. The maximum absolute atomic E-state index is 13.3. The zero-order valence-corrected chi connectivity index (χ0v) is 13.8. The van der Waals surface area contributed by atoms with Crippen LogP contribution >= 0.6 is 0 Å². The van der Waals surface area contributed by atoms with Crippen molar-refractivity contribution in [2.24, 2.45) is 0 Å². The summed E-state index contributed by atoms with van der Waals surface area (Å²) in [5.41, 5.74) is 1.41. The Hall–Kier alpha value is -1.14. The minimum atomic E-state index is -3.15. The molecule has 1 rings (SSSR count). The summed E-state index contributed by atoms with van der Waals surface area (Å²) < 4.78 is 38.9. The highest BCUT2D eigenvalue weighted by Gasteiger charge is 2.13. The summed E-state index contributed by atoms with van der Waals surface area (Å²) in [5.74, 6) is -0.205. The van der Waals surface area contributed by atoms with Crippen molar-refractivity contribution in [3.63, 3.8) is 0 Å². The molecule has 0 spiro atoms. The van der Waals surface area contributed by atoms with Gasteiger partial charge in [0.05, 0.1) is 5.25 Å². The van der Waals surface area contributed by atoms with Crippen molar-refractivity contribution in [3.05, 3.63) is 29.6 Å². The second-order valence-corrected chi connectivity index (χ2v) is 7.76. The third kappa shape index (κ3) is 6.44. The van der Waals surface area contributed by atoms with Crippen molar-refractivity contribution in [1.29, 1.82) is 0 Å². The predicted octanol–water partition coefficient (Wildman–Crippen LogP) is 3.04. The smallest absolute Gasteiger partial charge is 0.213 e. The summed E-state index contributed by atoms with van der Waals surface area (Å²) >= 11 is 0. The normalized spacial score (nSPS) is 11.9. The molecule has 0 aliphatic carbocycles. The minimum Gasteiger partial charge on any atom is -0.385 e. The Morgan fingerprint density at radius 3 is 2.43 bits per heavy atom. The maximum Gasteiger partial charge on any atom is 0.213 e.